The molecule has 0 bridgehead atoms. The molecule has 0 aromatic carbocycles. The molecule has 1 saturated carbocycles. The van der Waals surface area contributed by atoms with E-state index in [1.807, 2.05) is 0 Å². The van der Waals surface area contributed by atoms with Crippen molar-refractivity contribution in [2.75, 3.05) is 0 Å². The van der Waals surface area contributed by atoms with Crippen LogP contribution in [0.3, 0.4) is 0 Å². The topological polar surface area (TPSA) is 12.4 Å². The van der Waals surface area contributed by atoms with Crippen molar-refractivity contribution in [3.63, 3.8) is 0 Å². The van der Waals surface area contributed by atoms with E-state index in [0.717, 1.165) is 0 Å². The fourth-order valence-electron chi connectivity index (χ4n) is 0.885. The predicted molar refractivity (Wildman–Crippen MR) is 25.1 cm³/mol. The van der Waals surface area contributed by atoms with E-state index < -0.39 is 0 Å². The third kappa shape index (κ3) is 0.140. The van der Waals surface area contributed by atoms with E-state index in [2.05, 4.69) is 11.9 Å². The van der Waals surface area contributed by atoms with Gasteiger partial charge in [-0.1, -0.05) is 0 Å². The molecule has 0 unspecified atom stereocenters. The van der Waals surface area contributed by atoms with Crippen LogP contribution in [0.1, 0.15) is 19.8 Å². The summed E-state index contributed by atoms with van der Waals surface area (Å²) in [5, 5.41) is 0. The Balaban J connectivity index is 2.26. The molecular weight excluding hydrogens is 74.1 g/mol. The van der Waals surface area contributed by atoms with E-state index in [1.54, 1.807) is 0 Å². The highest BCUT2D eigenvalue weighted by atomic mass is 15.1. The van der Waals surface area contributed by atoms with Crippen molar-refractivity contribution in [3.05, 3.63) is 0 Å². The van der Waals surface area contributed by atoms with Crippen LogP contribution in [-0.4, -0.2) is 11.3 Å². The zero-order chi connectivity index (χ0) is 4.20. The Kier molecular flexibility index (Phi) is 0.214. The standard InChI is InChI=1S/C5H7N/c1-4-5(6-4)2-3-5/h2-3H2,1H3. The molecule has 0 saturated heterocycles. The van der Waals surface area contributed by atoms with Crippen LogP contribution >= 0.6 is 0 Å². The summed E-state index contributed by atoms with van der Waals surface area (Å²) in [5.41, 5.74) is 1.89. The molecule has 1 heterocycles. The Morgan fingerprint density at radius 3 is 2.17 bits per heavy atom. The minimum absolute atomic E-state index is 0.500. The van der Waals surface area contributed by atoms with E-state index in [1.165, 1.54) is 18.6 Å². The number of nitrogens with zero attached hydrogens (tertiary/aromatic N) is 1. The van der Waals surface area contributed by atoms with Crippen molar-refractivity contribution in [2.45, 2.75) is 25.3 Å². The van der Waals surface area contributed by atoms with Gasteiger partial charge in [0.2, 0.25) is 0 Å². The second kappa shape index (κ2) is 0.462. The fraction of sp³-hybridized carbons (Fsp3) is 0.800. The van der Waals surface area contributed by atoms with Gasteiger partial charge >= 0.3 is 0 Å². The molecule has 2 aliphatic rings. The van der Waals surface area contributed by atoms with Gasteiger partial charge in [-0.3, -0.25) is 4.99 Å². The summed E-state index contributed by atoms with van der Waals surface area (Å²) in [6.07, 6.45) is 2.69. The molecule has 0 amide bonds. The zero-order valence-electron chi connectivity index (χ0n) is 3.86. The number of rotatable bonds is 0. The number of aliphatic imine (C=N–C) groups is 1. The van der Waals surface area contributed by atoms with Crippen LogP contribution in [-0.2, 0) is 0 Å². The van der Waals surface area contributed by atoms with Gasteiger partial charge in [-0.2, -0.15) is 0 Å². The van der Waals surface area contributed by atoms with Gasteiger partial charge in [0, 0.05) is 5.71 Å². The molecule has 1 heteroatoms. The highest BCUT2D eigenvalue weighted by Gasteiger charge is 2.54. The van der Waals surface area contributed by atoms with Crippen LogP contribution in [0.2, 0.25) is 0 Å². The first-order valence-electron chi connectivity index (χ1n) is 2.40. The fourth-order valence-corrected chi connectivity index (χ4v) is 0.885. The van der Waals surface area contributed by atoms with E-state index in [-0.39, 0.29) is 0 Å². The first kappa shape index (κ1) is 2.78. The van der Waals surface area contributed by atoms with Gasteiger partial charge in [-0.05, 0) is 19.8 Å². The van der Waals surface area contributed by atoms with Gasteiger partial charge < -0.3 is 0 Å². The molecule has 0 aromatic rings. The van der Waals surface area contributed by atoms with Crippen LogP contribution in [0.15, 0.2) is 4.99 Å². The van der Waals surface area contributed by atoms with Gasteiger partial charge in [0.25, 0.3) is 0 Å². The third-order valence-electron chi connectivity index (χ3n) is 1.73. The first-order chi connectivity index (χ1) is 2.83. The van der Waals surface area contributed by atoms with E-state index in [0.29, 0.717) is 5.54 Å². The van der Waals surface area contributed by atoms with Gasteiger partial charge in [0.15, 0.2) is 0 Å². The lowest BCUT2D eigenvalue weighted by molar-refractivity contribution is 1.08. The van der Waals surface area contributed by atoms with Gasteiger partial charge in [-0.15, -0.1) is 0 Å². The molecule has 1 spiro atoms. The molecule has 1 fully saturated rings. The van der Waals surface area contributed by atoms with E-state index in [9.17, 15) is 0 Å². The van der Waals surface area contributed by atoms with Gasteiger partial charge in [0.05, 0.1) is 5.54 Å². The van der Waals surface area contributed by atoms with Crippen LogP contribution in [0.4, 0.5) is 0 Å². The van der Waals surface area contributed by atoms with Crippen LogP contribution < -0.4 is 0 Å². The lowest BCUT2D eigenvalue weighted by Crippen LogP contribution is -1.86. The lowest BCUT2D eigenvalue weighted by Gasteiger charge is -1.68. The van der Waals surface area contributed by atoms with Crippen molar-refractivity contribution < 1.29 is 0 Å². The molecule has 32 valence electrons. The monoisotopic (exact) mass is 81.1 g/mol. The van der Waals surface area contributed by atoms with Crippen molar-refractivity contribution in [3.8, 4) is 0 Å². The maximum absolute atomic E-state index is 4.22. The molecule has 1 aliphatic heterocycles. The zero-order valence-corrected chi connectivity index (χ0v) is 3.86. The summed E-state index contributed by atoms with van der Waals surface area (Å²) >= 11 is 0. The highest BCUT2D eigenvalue weighted by Crippen LogP contribution is 2.50. The van der Waals surface area contributed by atoms with Crippen molar-refractivity contribution in [1.29, 1.82) is 0 Å². The summed E-state index contributed by atoms with van der Waals surface area (Å²) in [7, 11) is 0. The summed E-state index contributed by atoms with van der Waals surface area (Å²) in [6.45, 7) is 2.12. The summed E-state index contributed by atoms with van der Waals surface area (Å²) in [5.74, 6) is 0. The largest absolute Gasteiger partial charge is 0.279 e. The Bertz CT molecular complexity index is 120. The average molecular weight is 81.1 g/mol. The molecule has 0 atom stereocenters. The summed E-state index contributed by atoms with van der Waals surface area (Å²) < 4.78 is 0. The van der Waals surface area contributed by atoms with Gasteiger partial charge in [-0.25, -0.2) is 0 Å². The molecule has 1 nitrogen and oxygen atoms in total. The summed E-state index contributed by atoms with van der Waals surface area (Å²) in [4.78, 5) is 4.22. The van der Waals surface area contributed by atoms with Crippen LogP contribution in [0.25, 0.3) is 0 Å². The maximum atomic E-state index is 4.22. The van der Waals surface area contributed by atoms with E-state index >= 15 is 0 Å². The predicted octanol–water partition coefficient (Wildman–Crippen LogP) is 0.994. The minimum atomic E-state index is 0.500. The molecular formula is C5H7N. The normalized spacial score (nSPS) is 33.2. The Labute approximate surface area is 37.1 Å². The Hall–Kier alpha value is -0.330. The smallest absolute Gasteiger partial charge is 0.0982 e. The quantitative estimate of drug-likeness (QED) is 0.412. The Morgan fingerprint density at radius 1 is 1.67 bits per heavy atom. The van der Waals surface area contributed by atoms with Crippen LogP contribution in [0.5, 0.6) is 0 Å². The number of hydrogen-bond donors (Lipinski definition) is 0. The lowest BCUT2D eigenvalue weighted by atomic mass is 10.3. The second-order valence-electron chi connectivity index (χ2n) is 2.23. The average Bonchev–Trinajstić information content (AvgIpc) is 2.25. The molecule has 1 aliphatic carbocycles. The molecule has 0 N–H and O–H groups in total. The Morgan fingerprint density at radius 2 is 2.17 bits per heavy atom. The molecule has 6 heavy (non-hydrogen) atoms. The SMILES string of the molecule is CC1=NC12CC2. The van der Waals surface area contributed by atoms with Crippen molar-refractivity contribution >= 4 is 5.71 Å². The molecule has 2 rings (SSSR count). The third-order valence-corrected chi connectivity index (χ3v) is 1.73. The summed E-state index contributed by atoms with van der Waals surface area (Å²) in [6, 6.07) is 0. The van der Waals surface area contributed by atoms with E-state index in [4.69, 9.17) is 0 Å². The minimum Gasteiger partial charge on any atom is -0.279 e. The van der Waals surface area contributed by atoms with Crippen molar-refractivity contribution in [2.24, 2.45) is 4.99 Å². The highest BCUT2D eigenvalue weighted by molar-refractivity contribution is 6.06. The molecule has 0 radical (unpaired) electrons. The first-order valence-corrected chi connectivity index (χ1v) is 2.40. The number of hydrogen-bond acceptors (Lipinski definition) is 1. The second-order valence-corrected chi connectivity index (χ2v) is 2.23. The van der Waals surface area contributed by atoms with Crippen molar-refractivity contribution in [1.82, 2.24) is 0 Å². The maximum Gasteiger partial charge on any atom is 0.0982 e. The van der Waals surface area contributed by atoms with Gasteiger partial charge in [0.1, 0.15) is 0 Å². The molecule has 0 aromatic heterocycles. The van der Waals surface area contributed by atoms with Crippen LogP contribution in [0, 0.1) is 0 Å².